The molecule has 0 aromatic carbocycles. The van der Waals surface area contributed by atoms with Crippen molar-refractivity contribution in [3.8, 4) is 0 Å². The Labute approximate surface area is 62.1 Å². The molecule has 0 aliphatic rings. The zero-order chi connectivity index (χ0) is 7.82. The fourth-order valence-corrected chi connectivity index (χ4v) is 0.685. The predicted octanol–water partition coefficient (Wildman–Crippen LogP) is 0.0917. The molecule has 10 heavy (non-hydrogen) atoms. The number of hydrogen-bond acceptors (Lipinski definition) is 2. The van der Waals surface area contributed by atoms with Crippen molar-refractivity contribution in [3.05, 3.63) is 0 Å². The van der Waals surface area contributed by atoms with Crippen LogP contribution in [0.25, 0.3) is 0 Å². The molecule has 0 aromatic heterocycles. The lowest BCUT2D eigenvalue weighted by Gasteiger charge is -2.07. The molecule has 0 saturated carbocycles. The summed E-state index contributed by atoms with van der Waals surface area (Å²) >= 11 is 0. The van der Waals surface area contributed by atoms with Crippen molar-refractivity contribution in [2.75, 3.05) is 13.2 Å². The molecule has 0 heterocycles. The molecule has 2 N–H and O–H groups in total. The number of rotatable bonds is 6. The van der Waals surface area contributed by atoms with E-state index in [1.165, 1.54) is 0 Å². The average Bonchev–Trinajstić information content (AvgIpc) is 1.97. The number of aliphatic hydroxyl groups excluding tert-OH is 2. The van der Waals surface area contributed by atoms with E-state index in [-0.39, 0.29) is 6.61 Å². The van der Waals surface area contributed by atoms with Gasteiger partial charge in [-0.2, -0.15) is 0 Å². The summed E-state index contributed by atoms with van der Waals surface area (Å²) in [6.07, 6.45) is 2.23. The number of hydrogen-bond donors (Lipinski definition) is 2. The molecule has 0 bridgehead atoms. The average molecular weight is 146 g/mol. The molecule has 61 valence electrons. The lowest BCUT2D eigenvalue weighted by Crippen LogP contribution is -2.23. The molecular weight excluding hydrogens is 130 g/mol. The molecule has 1 radical (unpaired) electrons. The molecule has 0 fully saturated rings. The quantitative estimate of drug-likeness (QED) is 0.558. The van der Waals surface area contributed by atoms with Crippen LogP contribution in [0.2, 0.25) is 0 Å². The van der Waals surface area contributed by atoms with Crippen molar-refractivity contribution in [3.63, 3.8) is 0 Å². The highest BCUT2D eigenvalue weighted by atomic mass is 16.3. The minimum Gasteiger partial charge on any atom is -0.395 e. The summed E-state index contributed by atoms with van der Waals surface area (Å²) in [6, 6.07) is 0. The topological polar surface area (TPSA) is 54.6 Å². The van der Waals surface area contributed by atoms with Crippen molar-refractivity contribution in [1.82, 2.24) is 5.32 Å². The minimum atomic E-state index is -0.563. The Morgan fingerprint density at radius 1 is 1.50 bits per heavy atom. The molecule has 0 saturated heterocycles. The number of nitrogens with zero attached hydrogens (tertiary/aromatic N) is 1. The van der Waals surface area contributed by atoms with Crippen LogP contribution >= 0.6 is 0 Å². The molecule has 1 unspecified atom stereocenters. The van der Waals surface area contributed by atoms with E-state index in [4.69, 9.17) is 10.2 Å². The zero-order valence-corrected chi connectivity index (χ0v) is 6.45. The van der Waals surface area contributed by atoms with E-state index in [1.807, 2.05) is 0 Å². The molecule has 3 heteroatoms. The second kappa shape index (κ2) is 6.99. The molecule has 0 aromatic rings. The molecule has 0 rings (SSSR count). The predicted molar refractivity (Wildman–Crippen MR) is 39.6 cm³/mol. The van der Waals surface area contributed by atoms with E-state index in [2.05, 4.69) is 12.2 Å². The van der Waals surface area contributed by atoms with Crippen LogP contribution in [-0.2, 0) is 0 Å². The van der Waals surface area contributed by atoms with Crippen LogP contribution in [0.15, 0.2) is 0 Å². The summed E-state index contributed by atoms with van der Waals surface area (Å²) in [5.41, 5.74) is 0. The van der Waals surface area contributed by atoms with E-state index >= 15 is 0 Å². The summed E-state index contributed by atoms with van der Waals surface area (Å²) < 4.78 is 0. The molecule has 0 aliphatic heterocycles. The van der Waals surface area contributed by atoms with E-state index in [1.54, 1.807) is 0 Å². The summed E-state index contributed by atoms with van der Waals surface area (Å²) in [5, 5.41) is 21.2. The number of unbranched alkanes of at least 4 members (excludes halogenated alkanes) is 1. The fraction of sp³-hybridized carbons (Fsp3) is 1.00. The van der Waals surface area contributed by atoms with Crippen LogP contribution in [0.3, 0.4) is 0 Å². The van der Waals surface area contributed by atoms with Crippen LogP contribution in [-0.4, -0.2) is 29.6 Å². The van der Waals surface area contributed by atoms with Crippen LogP contribution in [0.4, 0.5) is 0 Å². The Hall–Kier alpha value is -0.120. The van der Waals surface area contributed by atoms with Crippen molar-refractivity contribution in [1.29, 1.82) is 0 Å². The first kappa shape index (κ1) is 9.88. The minimum absolute atomic E-state index is 0.0309. The Kier molecular flexibility index (Phi) is 6.91. The van der Waals surface area contributed by atoms with Gasteiger partial charge in [-0.05, 0) is 12.8 Å². The van der Waals surface area contributed by atoms with Crippen molar-refractivity contribution < 1.29 is 10.2 Å². The lowest BCUT2D eigenvalue weighted by molar-refractivity contribution is 0.113. The van der Waals surface area contributed by atoms with Gasteiger partial charge >= 0.3 is 0 Å². The van der Waals surface area contributed by atoms with Gasteiger partial charge in [0.2, 0.25) is 0 Å². The monoisotopic (exact) mass is 146 g/mol. The Bertz CT molecular complexity index is 60.6. The third-order valence-corrected chi connectivity index (χ3v) is 1.26. The summed E-state index contributed by atoms with van der Waals surface area (Å²) in [5.74, 6) is 0. The molecular formula is C7H16NO2. The van der Waals surface area contributed by atoms with E-state index in [0.29, 0.717) is 6.54 Å². The van der Waals surface area contributed by atoms with Crippen LogP contribution in [0.1, 0.15) is 26.2 Å². The van der Waals surface area contributed by atoms with Gasteiger partial charge in [0.05, 0.1) is 6.61 Å². The van der Waals surface area contributed by atoms with Crippen LogP contribution < -0.4 is 5.32 Å². The second-order valence-corrected chi connectivity index (χ2v) is 2.25. The van der Waals surface area contributed by atoms with Gasteiger partial charge in [-0.15, -0.1) is 0 Å². The van der Waals surface area contributed by atoms with Gasteiger partial charge in [-0.3, -0.25) is 0 Å². The third-order valence-electron chi connectivity index (χ3n) is 1.26. The van der Waals surface area contributed by atoms with Crippen LogP contribution in [0, 0.1) is 0 Å². The van der Waals surface area contributed by atoms with E-state index in [0.717, 1.165) is 19.3 Å². The van der Waals surface area contributed by atoms with Gasteiger partial charge in [0.25, 0.3) is 0 Å². The van der Waals surface area contributed by atoms with Crippen molar-refractivity contribution >= 4 is 0 Å². The SMILES string of the molecule is CCCCC(O)[N]CCO. The standard InChI is InChI=1S/C7H16NO2/c1-2-3-4-7(10)8-5-6-9/h7,9-10H,2-6H2,1H3. The Morgan fingerprint density at radius 2 is 2.20 bits per heavy atom. The fourth-order valence-electron chi connectivity index (χ4n) is 0.685. The highest BCUT2D eigenvalue weighted by molar-refractivity contribution is 4.51. The maximum absolute atomic E-state index is 9.03. The van der Waals surface area contributed by atoms with Gasteiger partial charge in [-0.1, -0.05) is 13.3 Å². The molecule has 0 amide bonds. The first-order valence-electron chi connectivity index (χ1n) is 3.76. The first-order chi connectivity index (χ1) is 4.81. The molecule has 3 nitrogen and oxygen atoms in total. The van der Waals surface area contributed by atoms with E-state index < -0.39 is 6.23 Å². The van der Waals surface area contributed by atoms with Crippen LogP contribution in [0.5, 0.6) is 0 Å². The largest absolute Gasteiger partial charge is 0.395 e. The first-order valence-corrected chi connectivity index (χ1v) is 3.76. The van der Waals surface area contributed by atoms with E-state index in [9.17, 15) is 0 Å². The Balaban J connectivity index is 3.00. The molecule has 1 atom stereocenters. The van der Waals surface area contributed by atoms with Gasteiger partial charge < -0.3 is 10.2 Å². The zero-order valence-electron chi connectivity index (χ0n) is 6.45. The molecule has 0 spiro atoms. The normalized spacial score (nSPS) is 13.5. The lowest BCUT2D eigenvalue weighted by atomic mass is 10.2. The van der Waals surface area contributed by atoms with Gasteiger partial charge in [-0.25, -0.2) is 5.32 Å². The summed E-state index contributed by atoms with van der Waals surface area (Å²) in [6.45, 7) is 2.45. The maximum atomic E-state index is 9.03. The van der Waals surface area contributed by atoms with Crippen molar-refractivity contribution in [2.24, 2.45) is 0 Å². The maximum Gasteiger partial charge on any atom is 0.120 e. The summed E-state index contributed by atoms with van der Waals surface area (Å²) in [4.78, 5) is 0. The van der Waals surface area contributed by atoms with Gasteiger partial charge in [0.1, 0.15) is 6.23 Å². The smallest absolute Gasteiger partial charge is 0.120 e. The summed E-state index contributed by atoms with van der Waals surface area (Å²) in [7, 11) is 0. The highest BCUT2D eigenvalue weighted by Crippen LogP contribution is 1.97. The third kappa shape index (κ3) is 6.01. The Morgan fingerprint density at radius 3 is 2.70 bits per heavy atom. The highest BCUT2D eigenvalue weighted by Gasteiger charge is 2.00. The second-order valence-electron chi connectivity index (χ2n) is 2.25. The number of aliphatic hydroxyl groups is 2. The van der Waals surface area contributed by atoms with Gasteiger partial charge in [0, 0.05) is 6.54 Å². The van der Waals surface area contributed by atoms with Crippen molar-refractivity contribution in [2.45, 2.75) is 32.4 Å². The van der Waals surface area contributed by atoms with Gasteiger partial charge in [0.15, 0.2) is 0 Å². The molecule has 0 aliphatic carbocycles.